The zero-order valence-corrected chi connectivity index (χ0v) is 21.0. The average molecular weight is 559 g/mol. The number of carbonyl (C=O) groups excluding carboxylic acids is 2. The van der Waals surface area contributed by atoms with Gasteiger partial charge in [0.25, 0.3) is 11.8 Å². The summed E-state index contributed by atoms with van der Waals surface area (Å²) in [5.74, 6) is -0.464. The maximum atomic E-state index is 12.4. The van der Waals surface area contributed by atoms with Gasteiger partial charge < -0.3 is 15.4 Å². The maximum Gasteiger partial charge on any atom is 0.266 e. The number of hydrogen-bond acceptors (Lipinski definition) is 4. The summed E-state index contributed by atoms with van der Waals surface area (Å²) < 4.78 is 6.14. The SMILES string of the molecule is Cc1ccc(NC(=O)COc2ccc(/C=C(/C#N)C(=O)Nc3ccc(Cl)cc3)cc2Br)cc1Cl. The number of anilines is 2. The quantitative estimate of drug-likeness (QED) is 0.251. The van der Waals surface area contributed by atoms with Crippen LogP contribution in [0.25, 0.3) is 6.08 Å². The van der Waals surface area contributed by atoms with E-state index in [-0.39, 0.29) is 18.1 Å². The Hall–Kier alpha value is -3.31. The molecule has 0 spiro atoms. The van der Waals surface area contributed by atoms with Crippen molar-refractivity contribution in [2.45, 2.75) is 6.92 Å². The average Bonchev–Trinajstić information content (AvgIpc) is 2.80. The first kappa shape index (κ1) is 25.3. The first-order valence-electron chi connectivity index (χ1n) is 9.92. The molecular weight excluding hydrogens is 541 g/mol. The van der Waals surface area contributed by atoms with Crippen molar-refractivity contribution < 1.29 is 14.3 Å². The van der Waals surface area contributed by atoms with E-state index in [9.17, 15) is 14.9 Å². The van der Waals surface area contributed by atoms with E-state index in [1.165, 1.54) is 6.08 Å². The van der Waals surface area contributed by atoms with Crippen LogP contribution in [-0.4, -0.2) is 18.4 Å². The number of nitrogens with one attached hydrogen (secondary N) is 2. The fourth-order valence-electron chi connectivity index (χ4n) is 2.78. The van der Waals surface area contributed by atoms with Gasteiger partial charge in [0.05, 0.1) is 4.47 Å². The molecule has 0 bridgehead atoms. The largest absolute Gasteiger partial charge is 0.483 e. The van der Waals surface area contributed by atoms with Crippen LogP contribution in [0.2, 0.25) is 10.0 Å². The van der Waals surface area contributed by atoms with Crippen molar-refractivity contribution in [2.75, 3.05) is 17.2 Å². The molecule has 0 unspecified atom stereocenters. The number of benzene rings is 3. The molecule has 0 atom stereocenters. The highest BCUT2D eigenvalue weighted by Gasteiger charge is 2.11. The first-order valence-corrected chi connectivity index (χ1v) is 11.5. The Morgan fingerprint density at radius 1 is 1.03 bits per heavy atom. The Kier molecular flexibility index (Phi) is 8.72. The molecule has 2 N–H and O–H groups in total. The number of hydrogen-bond donors (Lipinski definition) is 2. The summed E-state index contributed by atoms with van der Waals surface area (Å²) in [4.78, 5) is 24.6. The molecule has 172 valence electrons. The van der Waals surface area contributed by atoms with Crippen molar-refractivity contribution in [3.63, 3.8) is 0 Å². The van der Waals surface area contributed by atoms with Gasteiger partial charge in [-0.05, 0) is 88.6 Å². The Morgan fingerprint density at radius 2 is 1.74 bits per heavy atom. The molecule has 34 heavy (non-hydrogen) atoms. The van der Waals surface area contributed by atoms with Crippen molar-refractivity contribution in [1.82, 2.24) is 0 Å². The van der Waals surface area contributed by atoms with E-state index in [4.69, 9.17) is 27.9 Å². The van der Waals surface area contributed by atoms with Gasteiger partial charge in [0.1, 0.15) is 17.4 Å². The van der Waals surface area contributed by atoms with E-state index in [2.05, 4.69) is 26.6 Å². The number of halogens is 3. The van der Waals surface area contributed by atoms with Gasteiger partial charge in [-0.25, -0.2) is 0 Å². The van der Waals surface area contributed by atoms with Crippen LogP contribution in [0, 0.1) is 18.3 Å². The number of rotatable bonds is 7. The molecule has 2 amide bonds. The maximum absolute atomic E-state index is 12.4. The van der Waals surface area contributed by atoms with Crippen LogP contribution in [0.4, 0.5) is 11.4 Å². The van der Waals surface area contributed by atoms with Crippen LogP contribution in [0.3, 0.4) is 0 Å². The third kappa shape index (κ3) is 7.09. The number of nitrogens with zero attached hydrogens (tertiary/aromatic N) is 1. The molecule has 0 radical (unpaired) electrons. The smallest absolute Gasteiger partial charge is 0.266 e. The molecule has 3 rings (SSSR count). The Labute approximate surface area is 215 Å². The normalized spacial score (nSPS) is 10.9. The molecule has 0 aromatic heterocycles. The van der Waals surface area contributed by atoms with Crippen LogP contribution < -0.4 is 15.4 Å². The van der Waals surface area contributed by atoms with E-state index >= 15 is 0 Å². The van der Waals surface area contributed by atoms with Crippen molar-refractivity contribution in [3.05, 3.63) is 91.9 Å². The fraction of sp³-hybridized carbons (Fsp3) is 0.0800. The van der Waals surface area contributed by atoms with Crippen LogP contribution >= 0.6 is 39.1 Å². The number of nitriles is 1. The Morgan fingerprint density at radius 3 is 2.38 bits per heavy atom. The second kappa shape index (κ2) is 11.7. The lowest BCUT2D eigenvalue weighted by atomic mass is 10.1. The minimum Gasteiger partial charge on any atom is -0.483 e. The summed E-state index contributed by atoms with van der Waals surface area (Å²) in [7, 11) is 0. The summed E-state index contributed by atoms with van der Waals surface area (Å²) in [6, 6.07) is 18.7. The molecular formula is C25H18BrCl2N3O3. The Bertz CT molecular complexity index is 1300. The molecule has 0 heterocycles. The Balaban J connectivity index is 1.62. The zero-order valence-electron chi connectivity index (χ0n) is 17.9. The minimum absolute atomic E-state index is 0.0772. The van der Waals surface area contributed by atoms with Crippen LogP contribution in [-0.2, 0) is 9.59 Å². The van der Waals surface area contributed by atoms with E-state index in [0.29, 0.717) is 37.2 Å². The summed E-state index contributed by atoms with van der Waals surface area (Å²) >= 11 is 15.3. The van der Waals surface area contributed by atoms with E-state index in [1.54, 1.807) is 54.6 Å². The van der Waals surface area contributed by atoms with Gasteiger partial charge in [-0.1, -0.05) is 35.3 Å². The molecule has 0 aliphatic heterocycles. The van der Waals surface area contributed by atoms with Crippen LogP contribution in [0.15, 0.2) is 70.7 Å². The lowest BCUT2D eigenvalue weighted by Gasteiger charge is -2.10. The topological polar surface area (TPSA) is 91.2 Å². The fourth-order valence-corrected chi connectivity index (χ4v) is 3.60. The summed E-state index contributed by atoms with van der Waals surface area (Å²) in [6.45, 7) is 1.66. The van der Waals surface area contributed by atoms with Crippen LogP contribution in [0.1, 0.15) is 11.1 Å². The number of carbonyl (C=O) groups is 2. The predicted octanol–water partition coefficient (Wildman–Crippen LogP) is 6.63. The molecule has 3 aromatic carbocycles. The van der Waals surface area contributed by atoms with E-state index < -0.39 is 5.91 Å². The highest BCUT2D eigenvalue weighted by molar-refractivity contribution is 9.10. The van der Waals surface area contributed by atoms with Gasteiger partial charge in [0.15, 0.2) is 6.61 Å². The standard InChI is InChI=1S/C25H18BrCl2N3O3/c1-15-2-6-20(12-22(15)28)30-24(32)14-34-23-9-3-16(11-21(23)26)10-17(13-29)25(33)31-19-7-4-18(27)5-8-19/h2-12H,14H2,1H3,(H,30,32)(H,31,33)/b17-10-. The highest BCUT2D eigenvalue weighted by atomic mass is 79.9. The third-order valence-corrected chi connectivity index (χ3v) is 5.83. The van der Waals surface area contributed by atoms with Gasteiger partial charge in [-0.15, -0.1) is 0 Å². The van der Waals surface area contributed by atoms with Gasteiger partial charge in [-0.3, -0.25) is 9.59 Å². The molecule has 0 aliphatic carbocycles. The minimum atomic E-state index is -0.547. The van der Waals surface area contributed by atoms with Crippen molar-refractivity contribution in [1.29, 1.82) is 5.26 Å². The van der Waals surface area contributed by atoms with Crippen molar-refractivity contribution >= 4 is 68.4 Å². The zero-order chi connectivity index (χ0) is 24.7. The lowest BCUT2D eigenvalue weighted by Crippen LogP contribution is -2.20. The summed E-state index contributed by atoms with van der Waals surface area (Å²) in [6.07, 6.45) is 1.45. The van der Waals surface area contributed by atoms with E-state index in [1.807, 2.05) is 19.1 Å². The predicted molar refractivity (Wildman–Crippen MR) is 138 cm³/mol. The molecule has 0 aliphatic rings. The van der Waals surface area contributed by atoms with Crippen molar-refractivity contribution in [3.8, 4) is 11.8 Å². The molecule has 3 aromatic rings. The summed E-state index contributed by atoms with van der Waals surface area (Å²) in [5, 5.41) is 15.9. The highest BCUT2D eigenvalue weighted by Crippen LogP contribution is 2.27. The second-order valence-electron chi connectivity index (χ2n) is 7.12. The number of aryl methyl sites for hydroxylation is 1. The van der Waals surface area contributed by atoms with Gasteiger partial charge >= 0.3 is 0 Å². The number of amides is 2. The molecule has 0 saturated carbocycles. The first-order chi connectivity index (χ1) is 16.2. The number of ether oxygens (including phenoxy) is 1. The van der Waals surface area contributed by atoms with Gasteiger partial charge in [0, 0.05) is 21.4 Å². The van der Waals surface area contributed by atoms with E-state index in [0.717, 1.165) is 5.56 Å². The molecule has 9 heteroatoms. The van der Waals surface area contributed by atoms with Gasteiger partial charge in [-0.2, -0.15) is 5.26 Å². The summed E-state index contributed by atoms with van der Waals surface area (Å²) in [5.41, 5.74) is 2.53. The van der Waals surface area contributed by atoms with Crippen molar-refractivity contribution in [2.24, 2.45) is 0 Å². The molecule has 0 saturated heterocycles. The monoisotopic (exact) mass is 557 g/mol. The molecule has 0 fully saturated rings. The van der Waals surface area contributed by atoms with Gasteiger partial charge in [0.2, 0.25) is 0 Å². The molecule has 6 nitrogen and oxygen atoms in total. The second-order valence-corrected chi connectivity index (χ2v) is 8.82. The lowest BCUT2D eigenvalue weighted by molar-refractivity contribution is -0.118. The van der Waals surface area contributed by atoms with Crippen LogP contribution in [0.5, 0.6) is 5.75 Å². The third-order valence-electron chi connectivity index (χ3n) is 4.55.